The summed E-state index contributed by atoms with van der Waals surface area (Å²) in [4.78, 5) is 7.72. The Balaban J connectivity index is 2.49. The Morgan fingerprint density at radius 1 is 1.16 bits per heavy atom. The first kappa shape index (κ1) is 13.3. The zero-order chi connectivity index (χ0) is 14.0. The maximum atomic E-state index is 12.4. The van der Waals surface area contributed by atoms with E-state index in [1.165, 1.54) is 18.7 Å². The number of aryl methyl sites for hydroxylation is 1. The zero-order valence-electron chi connectivity index (χ0n) is 10.6. The van der Waals surface area contributed by atoms with Crippen LogP contribution in [0.25, 0.3) is 0 Å². The fourth-order valence-electron chi connectivity index (χ4n) is 1.81. The predicted octanol–water partition coefficient (Wildman–Crippen LogP) is 1.48. The van der Waals surface area contributed by atoms with Gasteiger partial charge in [0.2, 0.25) is 0 Å². The lowest BCUT2D eigenvalue weighted by molar-refractivity contribution is 0.600. The second-order valence-electron chi connectivity index (χ2n) is 4.16. The number of nitrogen functional groups attached to an aromatic ring is 1. The van der Waals surface area contributed by atoms with Gasteiger partial charge in [0, 0.05) is 5.69 Å². The molecule has 2 rings (SSSR count). The number of benzene rings is 1. The molecule has 0 amide bonds. The summed E-state index contributed by atoms with van der Waals surface area (Å²) in [6.07, 6.45) is 4.11. The van der Waals surface area contributed by atoms with Crippen molar-refractivity contribution in [2.75, 3.05) is 10.5 Å². The molecule has 19 heavy (non-hydrogen) atoms. The summed E-state index contributed by atoms with van der Waals surface area (Å²) in [6, 6.07) is 3.37. The summed E-state index contributed by atoms with van der Waals surface area (Å²) in [5.41, 5.74) is 7.68. The summed E-state index contributed by atoms with van der Waals surface area (Å²) in [6.45, 7) is 3.40. The van der Waals surface area contributed by atoms with Crippen LogP contribution in [0.3, 0.4) is 0 Å². The molecule has 0 aliphatic carbocycles. The molecule has 100 valence electrons. The molecule has 0 saturated heterocycles. The highest BCUT2D eigenvalue weighted by molar-refractivity contribution is 7.92. The Bertz CT molecular complexity index is 699. The minimum absolute atomic E-state index is 0.191. The first-order valence-electron chi connectivity index (χ1n) is 5.55. The molecule has 0 unspecified atom stereocenters. The fraction of sp³-hybridized carbons (Fsp3) is 0.167. The van der Waals surface area contributed by atoms with Crippen LogP contribution in [0.1, 0.15) is 11.1 Å². The van der Waals surface area contributed by atoms with Crippen molar-refractivity contribution in [2.24, 2.45) is 0 Å². The Morgan fingerprint density at radius 2 is 1.79 bits per heavy atom. The van der Waals surface area contributed by atoms with Crippen molar-refractivity contribution in [1.82, 2.24) is 9.97 Å². The molecular weight excluding hydrogens is 264 g/mol. The van der Waals surface area contributed by atoms with Crippen molar-refractivity contribution >= 4 is 21.4 Å². The quantitative estimate of drug-likeness (QED) is 0.829. The van der Waals surface area contributed by atoms with Gasteiger partial charge in [0.05, 0.1) is 23.0 Å². The summed E-state index contributed by atoms with van der Waals surface area (Å²) in [5.74, 6) is 0. The van der Waals surface area contributed by atoms with Crippen molar-refractivity contribution in [3.8, 4) is 0 Å². The van der Waals surface area contributed by atoms with Gasteiger partial charge in [-0.15, -0.1) is 0 Å². The van der Waals surface area contributed by atoms with Crippen LogP contribution in [0.15, 0.2) is 35.7 Å². The lowest BCUT2D eigenvalue weighted by Crippen LogP contribution is -2.16. The molecule has 1 aromatic carbocycles. The maximum Gasteiger partial charge on any atom is 0.262 e. The predicted molar refractivity (Wildman–Crippen MR) is 73.2 cm³/mol. The Labute approximate surface area is 111 Å². The van der Waals surface area contributed by atoms with E-state index in [0.29, 0.717) is 22.5 Å². The van der Waals surface area contributed by atoms with Crippen LogP contribution in [0.5, 0.6) is 0 Å². The normalized spacial score (nSPS) is 11.3. The van der Waals surface area contributed by atoms with E-state index in [1.807, 2.05) is 0 Å². The van der Waals surface area contributed by atoms with Crippen LogP contribution in [0.2, 0.25) is 0 Å². The largest absolute Gasteiger partial charge is 0.398 e. The van der Waals surface area contributed by atoms with Gasteiger partial charge in [-0.3, -0.25) is 4.72 Å². The number of nitrogens with one attached hydrogen (secondary N) is 1. The lowest BCUT2D eigenvalue weighted by atomic mass is 10.1. The minimum Gasteiger partial charge on any atom is -0.398 e. The number of hydrogen-bond acceptors (Lipinski definition) is 5. The highest BCUT2D eigenvalue weighted by Crippen LogP contribution is 2.26. The van der Waals surface area contributed by atoms with Crippen LogP contribution in [-0.4, -0.2) is 18.4 Å². The summed E-state index contributed by atoms with van der Waals surface area (Å²) >= 11 is 0. The average Bonchev–Trinajstić information content (AvgIpc) is 2.35. The van der Waals surface area contributed by atoms with E-state index in [4.69, 9.17) is 5.73 Å². The van der Waals surface area contributed by atoms with Crippen LogP contribution in [0.4, 0.5) is 11.4 Å². The highest BCUT2D eigenvalue weighted by Gasteiger charge is 2.21. The number of hydrogen-bond donors (Lipinski definition) is 2. The SMILES string of the molecule is Cc1ccc(N)c(C)c1S(=O)(=O)Nc1cncnc1. The molecule has 3 N–H and O–H groups in total. The second-order valence-corrected chi connectivity index (χ2v) is 5.78. The van der Waals surface area contributed by atoms with Gasteiger partial charge < -0.3 is 5.73 Å². The standard InChI is InChI=1S/C12H14N4O2S/c1-8-3-4-11(13)9(2)12(8)19(17,18)16-10-5-14-7-15-6-10/h3-7,16H,13H2,1-2H3. The third kappa shape index (κ3) is 2.65. The molecule has 0 bridgehead atoms. The van der Waals surface area contributed by atoms with Crippen LogP contribution in [0, 0.1) is 13.8 Å². The van der Waals surface area contributed by atoms with Gasteiger partial charge in [-0.05, 0) is 31.0 Å². The summed E-state index contributed by atoms with van der Waals surface area (Å²) in [5, 5.41) is 0. The molecule has 0 saturated carbocycles. The topological polar surface area (TPSA) is 98.0 Å². The van der Waals surface area contributed by atoms with E-state index in [0.717, 1.165) is 0 Å². The Morgan fingerprint density at radius 3 is 2.42 bits per heavy atom. The van der Waals surface area contributed by atoms with E-state index in [1.54, 1.807) is 26.0 Å². The molecular formula is C12H14N4O2S. The maximum absolute atomic E-state index is 12.4. The van der Waals surface area contributed by atoms with Crippen molar-refractivity contribution in [1.29, 1.82) is 0 Å². The average molecular weight is 278 g/mol. The lowest BCUT2D eigenvalue weighted by Gasteiger charge is -2.13. The van der Waals surface area contributed by atoms with Crippen molar-refractivity contribution in [3.63, 3.8) is 0 Å². The van der Waals surface area contributed by atoms with Gasteiger partial charge in [-0.1, -0.05) is 6.07 Å². The van der Waals surface area contributed by atoms with E-state index in [9.17, 15) is 8.42 Å². The molecule has 0 radical (unpaired) electrons. The molecule has 2 aromatic rings. The van der Waals surface area contributed by atoms with Gasteiger partial charge in [-0.25, -0.2) is 18.4 Å². The van der Waals surface area contributed by atoms with Gasteiger partial charge in [0.15, 0.2) is 0 Å². The monoisotopic (exact) mass is 278 g/mol. The van der Waals surface area contributed by atoms with Crippen molar-refractivity contribution in [3.05, 3.63) is 42.0 Å². The molecule has 7 heteroatoms. The molecule has 1 heterocycles. The second kappa shape index (κ2) is 4.85. The minimum atomic E-state index is -3.71. The van der Waals surface area contributed by atoms with Crippen LogP contribution >= 0.6 is 0 Å². The first-order chi connectivity index (χ1) is 8.92. The van der Waals surface area contributed by atoms with Crippen molar-refractivity contribution < 1.29 is 8.42 Å². The number of aromatic nitrogens is 2. The number of nitrogens with two attached hydrogens (primary N) is 1. The number of rotatable bonds is 3. The molecule has 0 aliphatic heterocycles. The first-order valence-corrected chi connectivity index (χ1v) is 7.03. The Kier molecular flexibility index (Phi) is 3.39. The van der Waals surface area contributed by atoms with Crippen LogP contribution < -0.4 is 10.5 Å². The molecule has 1 aromatic heterocycles. The van der Waals surface area contributed by atoms with E-state index < -0.39 is 10.0 Å². The fourth-order valence-corrected chi connectivity index (χ4v) is 3.34. The molecule has 0 aliphatic rings. The summed E-state index contributed by atoms with van der Waals surface area (Å²) < 4.78 is 27.2. The summed E-state index contributed by atoms with van der Waals surface area (Å²) in [7, 11) is -3.71. The van der Waals surface area contributed by atoms with Gasteiger partial charge >= 0.3 is 0 Å². The number of anilines is 2. The molecule has 0 fully saturated rings. The third-order valence-corrected chi connectivity index (χ3v) is 4.40. The smallest absolute Gasteiger partial charge is 0.262 e. The highest BCUT2D eigenvalue weighted by atomic mass is 32.2. The van der Waals surface area contributed by atoms with Gasteiger partial charge in [0.1, 0.15) is 6.33 Å². The number of sulfonamides is 1. The third-order valence-electron chi connectivity index (χ3n) is 2.73. The molecule has 0 atom stereocenters. The molecule has 6 nitrogen and oxygen atoms in total. The van der Waals surface area contributed by atoms with E-state index in [2.05, 4.69) is 14.7 Å². The van der Waals surface area contributed by atoms with Gasteiger partial charge in [0.25, 0.3) is 10.0 Å². The Hall–Kier alpha value is -2.15. The van der Waals surface area contributed by atoms with E-state index in [-0.39, 0.29) is 4.90 Å². The van der Waals surface area contributed by atoms with Crippen LogP contribution in [-0.2, 0) is 10.0 Å². The van der Waals surface area contributed by atoms with E-state index >= 15 is 0 Å². The number of nitrogens with zero attached hydrogens (tertiary/aromatic N) is 2. The zero-order valence-corrected chi connectivity index (χ0v) is 11.4. The van der Waals surface area contributed by atoms with Crippen molar-refractivity contribution in [2.45, 2.75) is 18.7 Å². The molecule has 0 spiro atoms. The van der Waals surface area contributed by atoms with Gasteiger partial charge in [-0.2, -0.15) is 0 Å².